The number of benzene rings is 2. The number of carboxylic acids is 1. The highest BCUT2D eigenvalue weighted by Crippen LogP contribution is 2.26. The van der Waals surface area contributed by atoms with Crippen LogP contribution in [0, 0.1) is 10.1 Å². The Kier molecular flexibility index (Phi) is 5.06. The second-order valence-electron chi connectivity index (χ2n) is 6.25. The molecule has 1 aliphatic heterocycles. The number of carboxylic acid groups (broad SMARTS) is 1. The van der Waals surface area contributed by atoms with Gasteiger partial charge in [-0.15, -0.1) is 0 Å². The molecule has 0 aromatic heterocycles. The van der Waals surface area contributed by atoms with E-state index in [0.717, 1.165) is 49.5 Å². The fraction of sp³-hybridized carbons (Fsp3) is 0.316. The van der Waals surface area contributed by atoms with Crippen LogP contribution in [0.1, 0.15) is 22.8 Å². The zero-order valence-electron chi connectivity index (χ0n) is 14.6. The minimum absolute atomic E-state index is 0.0958. The Morgan fingerprint density at radius 2 is 1.69 bits per heavy atom. The lowest BCUT2D eigenvalue weighted by molar-refractivity contribution is -0.384. The number of hydrogen-bond acceptors (Lipinski definition) is 5. The first kappa shape index (κ1) is 17.7. The molecule has 2 aromatic rings. The molecule has 1 fully saturated rings. The van der Waals surface area contributed by atoms with Gasteiger partial charge in [-0.25, -0.2) is 4.79 Å². The third-order valence-corrected chi connectivity index (χ3v) is 4.75. The fourth-order valence-corrected chi connectivity index (χ4v) is 3.30. The van der Waals surface area contributed by atoms with Gasteiger partial charge in [-0.05, 0) is 42.3 Å². The van der Waals surface area contributed by atoms with Crippen molar-refractivity contribution in [2.45, 2.75) is 13.3 Å². The standard InChI is InChI=1S/C19H21N3O4/c1-2-14-13-15(19(23)24)3-8-18(14)21-11-9-20(10-12-21)16-4-6-17(7-5-16)22(25)26/h3-8,13H,2,9-12H2,1H3,(H,23,24). The van der Waals surface area contributed by atoms with Crippen molar-refractivity contribution in [3.05, 3.63) is 63.7 Å². The van der Waals surface area contributed by atoms with Gasteiger partial charge in [0.05, 0.1) is 10.5 Å². The normalized spacial score (nSPS) is 14.3. The Bertz CT molecular complexity index is 812. The van der Waals surface area contributed by atoms with Gasteiger partial charge >= 0.3 is 5.97 Å². The lowest BCUT2D eigenvalue weighted by Gasteiger charge is -2.38. The van der Waals surface area contributed by atoms with Crippen LogP contribution in [0.5, 0.6) is 0 Å². The number of aromatic carboxylic acids is 1. The van der Waals surface area contributed by atoms with E-state index < -0.39 is 10.9 Å². The Balaban J connectivity index is 1.70. The average molecular weight is 355 g/mol. The van der Waals surface area contributed by atoms with Crippen LogP contribution in [0.2, 0.25) is 0 Å². The van der Waals surface area contributed by atoms with Crippen LogP contribution in [0.15, 0.2) is 42.5 Å². The highest BCUT2D eigenvalue weighted by molar-refractivity contribution is 5.88. The average Bonchev–Trinajstić information content (AvgIpc) is 2.67. The summed E-state index contributed by atoms with van der Waals surface area (Å²) in [4.78, 5) is 26.0. The van der Waals surface area contributed by atoms with E-state index in [0.29, 0.717) is 5.56 Å². The molecular weight excluding hydrogens is 334 g/mol. The summed E-state index contributed by atoms with van der Waals surface area (Å²) in [5.74, 6) is -0.908. The van der Waals surface area contributed by atoms with E-state index in [1.807, 2.05) is 13.0 Å². The van der Waals surface area contributed by atoms with Gasteiger partial charge in [-0.2, -0.15) is 0 Å². The first-order valence-corrected chi connectivity index (χ1v) is 8.60. The van der Waals surface area contributed by atoms with Gasteiger partial charge in [0.1, 0.15) is 0 Å². The van der Waals surface area contributed by atoms with Crippen LogP contribution < -0.4 is 9.80 Å². The minimum atomic E-state index is -0.908. The van der Waals surface area contributed by atoms with Gasteiger partial charge < -0.3 is 14.9 Å². The molecule has 0 bridgehead atoms. The second kappa shape index (κ2) is 7.43. The molecule has 1 saturated heterocycles. The lowest BCUT2D eigenvalue weighted by Crippen LogP contribution is -2.46. The van der Waals surface area contributed by atoms with Crippen molar-refractivity contribution in [1.82, 2.24) is 0 Å². The van der Waals surface area contributed by atoms with Gasteiger partial charge in [0.2, 0.25) is 0 Å². The Labute approximate surface area is 151 Å². The number of rotatable bonds is 5. The number of nitro groups is 1. The number of piperazine rings is 1. The first-order valence-electron chi connectivity index (χ1n) is 8.60. The number of nitrogens with zero attached hydrogens (tertiary/aromatic N) is 3. The molecule has 7 nitrogen and oxygen atoms in total. The van der Waals surface area contributed by atoms with Gasteiger partial charge in [-0.3, -0.25) is 10.1 Å². The zero-order valence-corrected chi connectivity index (χ0v) is 14.6. The minimum Gasteiger partial charge on any atom is -0.478 e. The van der Waals surface area contributed by atoms with E-state index >= 15 is 0 Å². The highest BCUT2D eigenvalue weighted by atomic mass is 16.6. The van der Waals surface area contributed by atoms with Crippen molar-refractivity contribution in [2.24, 2.45) is 0 Å². The maximum Gasteiger partial charge on any atom is 0.335 e. The number of anilines is 2. The monoisotopic (exact) mass is 355 g/mol. The van der Waals surface area contributed by atoms with Gasteiger partial charge in [0.15, 0.2) is 0 Å². The molecule has 0 amide bonds. The summed E-state index contributed by atoms with van der Waals surface area (Å²) in [5, 5.41) is 19.9. The van der Waals surface area contributed by atoms with E-state index in [1.54, 1.807) is 24.3 Å². The topological polar surface area (TPSA) is 86.9 Å². The van der Waals surface area contributed by atoms with Crippen molar-refractivity contribution in [1.29, 1.82) is 0 Å². The Morgan fingerprint density at radius 1 is 1.08 bits per heavy atom. The van der Waals surface area contributed by atoms with Crippen molar-refractivity contribution < 1.29 is 14.8 Å². The molecule has 0 spiro atoms. The lowest BCUT2D eigenvalue weighted by atomic mass is 10.0. The largest absolute Gasteiger partial charge is 0.478 e. The third-order valence-electron chi connectivity index (χ3n) is 4.75. The molecule has 1 heterocycles. The molecule has 3 rings (SSSR count). The SMILES string of the molecule is CCc1cc(C(=O)O)ccc1N1CCN(c2ccc([N+](=O)[O-])cc2)CC1. The molecule has 1 N–H and O–H groups in total. The summed E-state index contributed by atoms with van der Waals surface area (Å²) in [6, 6.07) is 11.9. The van der Waals surface area contributed by atoms with E-state index in [-0.39, 0.29) is 5.69 Å². The summed E-state index contributed by atoms with van der Waals surface area (Å²) in [5.41, 5.74) is 3.51. The highest BCUT2D eigenvalue weighted by Gasteiger charge is 2.20. The quantitative estimate of drug-likeness (QED) is 0.655. The van der Waals surface area contributed by atoms with Crippen molar-refractivity contribution in [2.75, 3.05) is 36.0 Å². The summed E-state index contributed by atoms with van der Waals surface area (Å²) < 4.78 is 0. The zero-order chi connectivity index (χ0) is 18.7. The molecule has 26 heavy (non-hydrogen) atoms. The van der Waals surface area contributed by atoms with Crippen LogP contribution in [0.3, 0.4) is 0 Å². The van der Waals surface area contributed by atoms with Crippen molar-refractivity contribution >= 4 is 23.0 Å². The second-order valence-corrected chi connectivity index (χ2v) is 6.25. The predicted molar refractivity (Wildman–Crippen MR) is 100 cm³/mol. The van der Waals surface area contributed by atoms with Crippen LogP contribution in [-0.2, 0) is 6.42 Å². The molecule has 2 aromatic carbocycles. The summed E-state index contributed by atoms with van der Waals surface area (Å²) >= 11 is 0. The van der Waals surface area contributed by atoms with E-state index in [4.69, 9.17) is 5.11 Å². The smallest absolute Gasteiger partial charge is 0.335 e. The fourth-order valence-electron chi connectivity index (χ4n) is 3.30. The maximum absolute atomic E-state index is 11.2. The molecule has 0 aliphatic carbocycles. The van der Waals surface area contributed by atoms with E-state index in [1.165, 1.54) is 12.1 Å². The number of aryl methyl sites for hydroxylation is 1. The van der Waals surface area contributed by atoms with E-state index in [2.05, 4.69) is 9.80 Å². The molecular formula is C19H21N3O4. The third kappa shape index (κ3) is 3.61. The predicted octanol–water partition coefficient (Wildman–Crippen LogP) is 3.18. The number of nitro benzene ring substituents is 1. The van der Waals surface area contributed by atoms with Crippen LogP contribution in [0.25, 0.3) is 0 Å². The van der Waals surface area contributed by atoms with Gasteiger partial charge in [0.25, 0.3) is 5.69 Å². The summed E-state index contributed by atoms with van der Waals surface area (Å²) in [6.45, 7) is 5.27. The van der Waals surface area contributed by atoms with Crippen LogP contribution >= 0.6 is 0 Å². The molecule has 136 valence electrons. The molecule has 0 atom stereocenters. The maximum atomic E-state index is 11.2. The summed E-state index contributed by atoms with van der Waals surface area (Å²) in [6.07, 6.45) is 0.777. The number of carbonyl (C=O) groups is 1. The first-order chi connectivity index (χ1) is 12.5. The van der Waals surface area contributed by atoms with Crippen molar-refractivity contribution in [3.63, 3.8) is 0 Å². The summed E-state index contributed by atoms with van der Waals surface area (Å²) in [7, 11) is 0. The molecule has 0 saturated carbocycles. The van der Waals surface area contributed by atoms with Crippen molar-refractivity contribution in [3.8, 4) is 0 Å². The molecule has 0 unspecified atom stereocenters. The Morgan fingerprint density at radius 3 is 2.23 bits per heavy atom. The molecule has 0 radical (unpaired) electrons. The van der Waals surface area contributed by atoms with Crippen LogP contribution in [-0.4, -0.2) is 42.2 Å². The van der Waals surface area contributed by atoms with E-state index in [9.17, 15) is 14.9 Å². The van der Waals surface area contributed by atoms with Gasteiger partial charge in [-0.1, -0.05) is 6.92 Å². The van der Waals surface area contributed by atoms with Crippen LogP contribution in [0.4, 0.5) is 17.1 Å². The van der Waals surface area contributed by atoms with Gasteiger partial charge in [0, 0.05) is 49.7 Å². The Hall–Kier alpha value is -3.09. The number of non-ortho nitro benzene ring substituents is 1. The molecule has 1 aliphatic rings. The molecule has 7 heteroatoms. The number of hydrogen-bond donors (Lipinski definition) is 1.